The highest BCUT2D eigenvalue weighted by Gasteiger charge is 2.08. The van der Waals surface area contributed by atoms with E-state index in [1.54, 1.807) is 25.6 Å². The number of nitrogens with one attached hydrogen (secondary N) is 1. The predicted octanol–water partition coefficient (Wildman–Crippen LogP) is 3.59. The molecule has 2 heterocycles. The summed E-state index contributed by atoms with van der Waals surface area (Å²) in [4.78, 5) is 8.57. The van der Waals surface area contributed by atoms with Gasteiger partial charge in [-0.3, -0.25) is 0 Å². The molecule has 5 heteroatoms. The zero-order chi connectivity index (χ0) is 17.8. The first kappa shape index (κ1) is 16.5. The number of rotatable bonds is 5. The van der Waals surface area contributed by atoms with Gasteiger partial charge in [0.25, 0.3) is 0 Å². The average Bonchev–Trinajstić information content (AvgIpc) is 2.68. The van der Waals surface area contributed by atoms with Gasteiger partial charge in [0.15, 0.2) is 0 Å². The molecule has 0 amide bonds. The van der Waals surface area contributed by atoms with Crippen molar-refractivity contribution in [3.05, 3.63) is 67.0 Å². The lowest BCUT2D eigenvalue weighted by molar-refractivity contribution is 0.398. The molecule has 3 aromatic rings. The van der Waals surface area contributed by atoms with E-state index in [0.29, 0.717) is 11.7 Å². The molecule has 1 aromatic carbocycles. The second-order valence-electron chi connectivity index (χ2n) is 5.55. The van der Waals surface area contributed by atoms with Gasteiger partial charge in [0.1, 0.15) is 5.82 Å². The Bertz CT molecular complexity index is 887. The third-order valence-electron chi connectivity index (χ3n) is 4.04. The van der Waals surface area contributed by atoms with Crippen molar-refractivity contribution in [3.8, 4) is 28.1 Å². The highest BCUT2D eigenvalue weighted by Crippen LogP contribution is 2.30. The van der Waals surface area contributed by atoms with Crippen LogP contribution in [0.4, 0.5) is 5.82 Å². The minimum Gasteiger partial charge on any atom is -0.481 e. The van der Waals surface area contributed by atoms with Crippen molar-refractivity contribution >= 4 is 11.5 Å². The van der Waals surface area contributed by atoms with Crippen LogP contribution in [-0.4, -0.2) is 24.1 Å². The van der Waals surface area contributed by atoms with Crippen molar-refractivity contribution < 1.29 is 4.74 Å². The first-order valence-electron chi connectivity index (χ1n) is 7.85. The minimum absolute atomic E-state index is 0.468. The molecule has 126 valence electrons. The Morgan fingerprint density at radius 3 is 2.28 bits per heavy atom. The second kappa shape index (κ2) is 7.05. The van der Waals surface area contributed by atoms with Crippen LogP contribution >= 0.6 is 0 Å². The Kier molecular flexibility index (Phi) is 4.66. The molecule has 0 radical (unpaired) electrons. The summed E-state index contributed by atoms with van der Waals surface area (Å²) in [6.45, 7) is 3.97. The normalized spacial score (nSPS) is 10.3. The fourth-order valence-electron chi connectivity index (χ4n) is 2.53. The number of pyridine rings is 2. The van der Waals surface area contributed by atoms with Gasteiger partial charge < -0.3 is 15.8 Å². The van der Waals surface area contributed by atoms with Gasteiger partial charge in [-0.15, -0.1) is 0 Å². The minimum atomic E-state index is 0.468. The van der Waals surface area contributed by atoms with Gasteiger partial charge in [0, 0.05) is 47.9 Å². The largest absolute Gasteiger partial charge is 0.481 e. The molecule has 3 N–H and O–H groups in total. The Morgan fingerprint density at radius 2 is 1.68 bits per heavy atom. The molecule has 0 aliphatic heterocycles. The standard InChI is InChI=1S/C20H20N4O/c1-13(22-2)14-4-6-15(7-5-14)17-10-18(20(21)24-12-17)16-8-9-19(25-3)23-11-16/h4-12,22H,1H2,2-3H3,(H2,21,24). The lowest BCUT2D eigenvalue weighted by atomic mass is 10.0. The number of nitrogens with zero attached hydrogens (tertiary/aromatic N) is 2. The van der Waals surface area contributed by atoms with Gasteiger partial charge in [-0.2, -0.15) is 0 Å². The van der Waals surface area contributed by atoms with Crippen LogP contribution in [0.15, 0.2) is 61.4 Å². The fourth-order valence-corrected chi connectivity index (χ4v) is 2.53. The zero-order valence-corrected chi connectivity index (χ0v) is 14.3. The maximum Gasteiger partial charge on any atom is 0.212 e. The molecule has 0 fully saturated rings. The van der Waals surface area contributed by atoms with Crippen LogP contribution in [0.25, 0.3) is 28.0 Å². The monoisotopic (exact) mass is 332 g/mol. The van der Waals surface area contributed by atoms with Crippen molar-refractivity contribution in [1.29, 1.82) is 0 Å². The van der Waals surface area contributed by atoms with Gasteiger partial charge in [-0.1, -0.05) is 30.8 Å². The summed E-state index contributed by atoms with van der Waals surface area (Å²) < 4.78 is 5.10. The van der Waals surface area contributed by atoms with Crippen LogP contribution in [-0.2, 0) is 0 Å². The SMILES string of the molecule is C=C(NC)c1ccc(-c2cnc(N)c(-c3ccc(OC)nc3)c2)cc1. The van der Waals surface area contributed by atoms with Crippen molar-refractivity contribution in [2.75, 3.05) is 19.9 Å². The molecule has 0 spiro atoms. The smallest absolute Gasteiger partial charge is 0.212 e. The van der Waals surface area contributed by atoms with Crippen molar-refractivity contribution in [1.82, 2.24) is 15.3 Å². The number of aromatic nitrogens is 2. The lowest BCUT2D eigenvalue weighted by Crippen LogP contribution is -2.02. The first-order chi connectivity index (χ1) is 12.1. The Hall–Kier alpha value is -3.34. The van der Waals surface area contributed by atoms with Gasteiger partial charge in [0.2, 0.25) is 5.88 Å². The number of nitrogens with two attached hydrogens (primary N) is 1. The van der Waals surface area contributed by atoms with Crippen LogP contribution in [0, 0.1) is 0 Å². The molecule has 25 heavy (non-hydrogen) atoms. The summed E-state index contributed by atoms with van der Waals surface area (Å²) in [6.07, 6.45) is 3.51. The second-order valence-corrected chi connectivity index (χ2v) is 5.55. The van der Waals surface area contributed by atoms with E-state index in [1.165, 1.54) is 0 Å². The lowest BCUT2D eigenvalue weighted by Gasteiger charge is -2.10. The Balaban J connectivity index is 1.97. The summed E-state index contributed by atoms with van der Waals surface area (Å²) in [5.74, 6) is 1.03. The summed E-state index contributed by atoms with van der Waals surface area (Å²) in [7, 11) is 3.44. The molecule has 0 atom stereocenters. The summed E-state index contributed by atoms with van der Waals surface area (Å²) >= 11 is 0. The van der Waals surface area contributed by atoms with Crippen LogP contribution in [0.2, 0.25) is 0 Å². The van der Waals surface area contributed by atoms with Crippen molar-refractivity contribution in [2.24, 2.45) is 0 Å². The average molecular weight is 332 g/mol. The number of anilines is 1. The molecule has 2 aromatic heterocycles. The summed E-state index contributed by atoms with van der Waals surface area (Å²) in [5.41, 5.74) is 11.8. The van der Waals surface area contributed by atoms with E-state index >= 15 is 0 Å². The Labute approximate surface area is 147 Å². The van der Waals surface area contributed by atoms with Gasteiger partial charge in [-0.05, 0) is 23.3 Å². The van der Waals surface area contributed by atoms with Crippen LogP contribution in [0.3, 0.4) is 0 Å². The molecule has 3 rings (SSSR count). The molecule has 5 nitrogen and oxygen atoms in total. The summed E-state index contributed by atoms with van der Waals surface area (Å²) in [6, 6.07) is 13.9. The van der Waals surface area contributed by atoms with E-state index in [9.17, 15) is 0 Å². The molecular weight excluding hydrogens is 312 g/mol. The fraction of sp³-hybridized carbons (Fsp3) is 0.100. The molecular formula is C20H20N4O. The number of ether oxygens (including phenoxy) is 1. The van der Waals surface area contributed by atoms with Crippen molar-refractivity contribution in [3.63, 3.8) is 0 Å². The summed E-state index contributed by atoms with van der Waals surface area (Å²) in [5, 5.41) is 3.05. The first-order valence-corrected chi connectivity index (χ1v) is 7.85. The highest BCUT2D eigenvalue weighted by molar-refractivity contribution is 5.79. The molecule has 0 aliphatic rings. The van der Waals surface area contributed by atoms with E-state index in [-0.39, 0.29) is 0 Å². The van der Waals surface area contributed by atoms with Crippen LogP contribution in [0.1, 0.15) is 5.56 Å². The molecule has 0 aliphatic carbocycles. The van der Waals surface area contributed by atoms with Gasteiger partial charge in [-0.25, -0.2) is 9.97 Å². The molecule has 0 bridgehead atoms. The van der Waals surface area contributed by atoms with E-state index in [2.05, 4.69) is 21.9 Å². The van der Waals surface area contributed by atoms with E-state index in [1.807, 2.05) is 43.4 Å². The van der Waals surface area contributed by atoms with Crippen LogP contribution < -0.4 is 15.8 Å². The van der Waals surface area contributed by atoms with Crippen molar-refractivity contribution in [2.45, 2.75) is 0 Å². The van der Waals surface area contributed by atoms with E-state index < -0.39 is 0 Å². The third kappa shape index (κ3) is 3.45. The van der Waals surface area contributed by atoms with Gasteiger partial charge in [0.05, 0.1) is 7.11 Å². The molecule has 0 unspecified atom stereocenters. The molecule has 0 saturated carbocycles. The number of nitrogen functional groups attached to an aromatic ring is 1. The topological polar surface area (TPSA) is 73.1 Å². The molecule has 0 saturated heterocycles. The zero-order valence-electron chi connectivity index (χ0n) is 14.3. The number of methoxy groups -OCH3 is 1. The number of hydrogen-bond acceptors (Lipinski definition) is 5. The third-order valence-corrected chi connectivity index (χ3v) is 4.04. The van der Waals surface area contributed by atoms with Gasteiger partial charge >= 0.3 is 0 Å². The van der Waals surface area contributed by atoms with E-state index in [0.717, 1.165) is 33.5 Å². The highest BCUT2D eigenvalue weighted by atomic mass is 16.5. The van der Waals surface area contributed by atoms with E-state index in [4.69, 9.17) is 10.5 Å². The predicted molar refractivity (Wildman–Crippen MR) is 102 cm³/mol. The Morgan fingerprint density at radius 1 is 1.00 bits per heavy atom. The van der Waals surface area contributed by atoms with Crippen LogP contribution in [0.5, 0.6) is 5.88 Å². The number of hydrogen-bond donors (Lipinski definition) is 2. The maximum atomic E-state index is 6.06. The quantitative estimate of drug-likeness (QED) is 0.747. The maximum absolute atomic E-state index is 6.06. The number of benzene rings is 1.